The molecule has 1 N–H and O–H groups in total. The van der Waals surface area contributed by atoms with Crippen LogP contribution in [0.1, 0.15) is 32.0 Å². The molecule has 11 heteroatoms. The van der Waals surface area contributed by atoms with Crippen molar-refractivity contribution in [3.63, 3.8) is 0 Å². The van der Waals surface area contributed by atoms with E-state index in [0.717, 1.165) is 16.8 Å². The molecule has 29 heavy (non-hydrogen) atoms. The Kier molecular flexibility index (Phi) is 6.75. The molecule has 2 amide bonds. The molecule has 0 spiro atoms. The Bertz CT molecular complexity index is 1000. The van der Waals surface area contributed by atoms with Gasteiger partial charge in [-0.3, -0.25) is 19.7 Å². The van der Waals surface area contributed by atoms with Crippen LogP contribution in [0.4, 0.5) is 8.78 Å². The Balaban J connectivity index is 1.97. The van der Waals surface area contributed by atoms with Crippen LogP contribution in [0.2, 0.25) is 0 Å². The maximum absolute atomic E-state index is 12.2. The maximum atomic E-state index is 12.2. The highest BCUT2D eigenvalue weighted by atomic mass is 19.3. The number of halogens is 2. The van der Waals surface area contributed by atoms with Crippen LogP contribution < -0.4 is 15.6 Å². The highest BCUT2D eigenvalue weighted by Crippen LogP contribution is 2.14. The minimum Gasteiger partial charge on any atom is -0.452 e. The molecule has 154 valence electrons. The van der Waals surface area contributed by atoms with Crippen LogP contribution in [0.3, 0.4) is 0 Å². The molecule has 9 nitrogen and oxygen atoms in total. The van der Waals surface area contributed by atoms with Crippen molar-refractivity contribution in [2.45, 2.75) is 20.5 Å². The number of carbonyl (C=O) groups excluding carboxylic acids is 3. The van der Waals surface area contributed by atoms with E-state index < -0.39 is 36.6 Å². The summed E-state index contributed by atoms with van der Waals surface area (Å²) in [5.74, 6) is -2.94. The second kappa shape index (κ2) is 9.04. The van der Waals surface area contributed by atoms with E-state index in [1.165, 1.54) is 26.1 Å². The highest BCUT2D eigenvalue weighted by Gasteiger charge is 2.21. The molecule has 1 aromatic carbocycles. The molecular weight excluding hydrogens is 392 g/mol. The zero-order chi connectivity index (χ0) is 21.7. The average molecular weight is 409 g/mol. The first kappa shape index (κ1) is 21.7. The molecule has 2 aromatic rings. The number of rotatable bonds is 6. The summed E-state index contributed by atoms with van der Waals surface area (Å²) in [4.78, 5) is 48.1. The molecule has 0 aliphatic rings. The van der Waals surface area contributed by atoms with Crippen molar-refractivity contribution in [2.75, 3.05) is 6.61 Å². The SMILES string of the molecule is Cc1nn(C)c(=O)c(C(=O)OCC(=O)NC(=O)c2ccc(OC(F)F)cc2)c1C. The fraction of sp³-hybridized carbons (Fsp3) is 0.278. The van der Waals surface area contributed by atoms with Crippen molar-refractivity contribution in [2.24, 2.45) is 7.05 Å². The van der Waals surface area contributed by atoms with E-state index in [1.807, 2.05) is 5.32 Å². The molecular formula is C18H17F2N3O6. The number of amides is 2. The Hall–Kier alpha value is -3.63. The molecule has 0 aliphatic carbocycles. The van der Waals surface area contributed by atoms with Crippen molar-refractivity contribution in [3.8, 4) is 5.75 Å². The number of hydrogen-bond acceptors (Lipinski definition) is 7. The largest absolute Gasteiger partial charge is 0.452 e. The Morgan fingerprint density at radius 3 is 2.38 bits per heavy atom. The van der Waals surface area contributed by atoms with Crippen molar-refractivity contribution in [1.82, 2.24) is 15.1 Å². The van der Waals surface area contributed by atoms with Gasteiger partial charge in [0.1, 0.15) is 11.3 Å². The average Bonchev–Trinajstić information content (AvgIpc) is 2.65. The number of esters is 1. The lowest BCUT2D eigenvalue weighted by molar-refractivity contribution is -0.123. The third-order valence-electron chi connectivity index (χ3n) is 3.86. The predicted molar refractivity (Wildman–Crippen MR) is 94.8 cm³/mol. The van der Waals surface area contributed by atoms with Crippen LogP contribution in [0.15, 0.2) is 29.1 Å². The number of aryl methyl sites for hydroxylation is 2. The minimum atomic E-state index is -3.00. The van der Waals surface area contributed by atoms with Crippen LogP contribution in [0.25, 0.3) is 0 Å². The summed E-state index contributed by atoms with van der Waals surface area (Å²) in [6.07, 6.45) is 0. The summed E-state index contributed by atoms with van der Waals surface area (Å²) in [5.41, 5.74) is -0.172. The molecule has 0 bridgehead atoms. The standard InChI is InChI=1S/C18H17F2N3O6/c1-9-10(2)22-23(3)16(26)14(9)17(27)28-8-13(24)21-15(25)11-4-6-12(7-5-11)29-18(19)20/h4-7,18H,8H2,1-3H3,(H,21,24,25). The zero-order valence-corrected chi connectivity index (χ0v) is 15.7. The molecule has 0 aliphatic heterocycles. The number of alkyl halides is 2. The lowest BCUT2D eigenvalue weighted by atomic mass is 10.1. The number of nitrogens with one attached hydrogen (secondary N) is 1. The first-order valence-electron chi connectivity index (χ1n) is 8.20. The predicted octanol–water partition coefficient (Wildman–Crippen LogP) is 1.11. The van der Waals surface area contributed by atoms with Crippen molar-refractivity contribution in [3.05, 3.63) is 57.0 Å². The normalized spacial score (nSPS) is 10.6. The van der Waals surface area contributed by atoms with Crippen LogP contribution >= 0.6 is 0 Å². The number of ether oxygens (including phenoxy) is 2. The van der Waals surface area contributed by atoms with Gasteiger partial charge >= 0.3 is 12.6 Å². The highest BCUT2D eigenvalue weighted by molar-refractivity contribution is 6.05. The third-order valence-corrected chi connectivity index (χ3v) is 3.86. The topological polar surface area (TPSA) is 117 Å². The number of nitrogens with zero attached hydrogens (tertiary/aromatic N) is 2. The molecule has 0 atom stereocenters. The summed E-state index contributed by atoms with van der Waals surface area (Å²) in [6, 6.07) is 4.63. The fourth-order valence-electron chi connectivity index (χ4n) is 2.31. The van der Waals surface area contributed by atoms with E-state index in [4.69, 9.17) is 4.74 Å². The smallest absolute Gasteiger partial charge is 0.387 e. The zero-order valence-electron chi connectivity index (χ0n) is 15.7. The molecule has 2 rings (SSSR count). The van der Waals surface area contributed by atoms with Gasteiger partial charge in [-0.25, -0.2) is 9.48 Å². The maximum Gasteiger partial charge on any atom is 0.387 e. The molecule has 1 aromatic heterocycles. The van der Waals surface area contributed by atoms with Crippen LogP contribution in [-0.4, -0.2) is 40.8 Å². The quantitative estimate of drug-likeness (QED) is 0.711. The summed E-state index contributed by atoms with van der Waals surface area (Å²) < 4.78 is 34.2. The van der Waals surface area contributed by atoms with Crippen LogP contribution in [-0.2, 0) is 16.6 Å². The monoisotopic (exact) mass is 409 g/mol. The summed E-state index contributed by atoms with van der Waals surface area (Å²) in [7, 11) is 1.37. The molecule has 0 saturated heterocycles. The first-order valence-corrected chi connectivity index (χ1v) is 8.20. The van der Waals surface area contributed by atoms with E-state index in [2.05, 4.69) is 9.84 Å². The van der Waals surface area contributed by atoms with Gasteiger partial charge in [-0.2, -0.15) is 13.9 Å². The van der Waals surface area contributed by atoms with Crippen molar-refractivity contribution < 1.29 is 32.6 Å². The first-order chi connectivity index (χ1) is 13.6. The number of benzene rings is 1. The summed E-state index contributed by atoms with van der Waals surface area (Å²) in [6.45, 7) is -0.684. The number of hydrogen-bond donors (Lipinski definition) is 1. The Labute approximate surface area is 163 Å². The van der Waals surface area contributed by atoms with Gasteiger partial charge in [-0.15, -0.1) is 0 Å². The summed E-state index contributed by atoms with van der Waals surface area (Å²) >= 11 is 0. The van der Waals surface area contributed by atoms with Gasteiger partial charge in [-0.05, 0) is 43.7 Å². The van der Waals surface area contributed by atoms with E-state index in [0.29, 0.717) is 11.3 Å². The lowest BCUT2D eigenvalue weighted by Gasteiger charge is -2.10. The van der Waals surface area contributed by atoms with E-state index in [1.54, 1.807) is 6.92 Å². The van der Waals surface area contributed by atoms with Gasteiger partial charge in [0.25, 0.3) is 17.4 Å². The fourth-order valence-corrected chi connectivity index (χ4v) is 2.31. The Morgan fingerprint density at radius 2 is 1.79 bits per heavy atom. The van der Waals surface area contributed by atoms with Gasteiger partial charge in [0.15, 0.2) is 6.61 Å². The summed E-state index contributed by atoms with van der Waals surface area (Å²) in [5, 5.41) is 5.90. The van der Waals surface area contributed by atoms with Gasteiger partial charge in [0.2, 0.25) is 0 Å². The second-order valence-electron chi connectivity index (χ2n) is 5.87. The molecule has 0 unspecified atom stereocenters. The Morgan fingerprint density at radius 1 is 1.17 bits per heavy atom. The van der Waals surface area contributed by atoms with Crippen LogP contribution in [0.5, 0.6) is 5.75 Å². The molecule has 0 fully saturated rings. The van der Waals surface area contributed by atoms with Crippen molar-refractivity contribution in [1.29, 1.82) is 0 Å². The van der Waals surface area contributed by atoms with E-state index >= 15 is 0 Å². The van der Waals surface area contributed by atoms with Gasteiger partial charge < -0.3 is 9.47 Å². The van der Waals surface area contributed by atoms with E-state index in [9.17, 15) is 28.0 Å². The van der Waals surface area contributed by atoms with Gasteiger partial charge in [0, 0.05) is 12.6 Å². The second-order valence-corrected chi connectivity index (χ2v) is 5.87. The molecule has 0 radical (unpaired) electrons. The number of aromatic nitrogens is 2. The van der Waals surface area contributed by atoms with Gasteiger partial charge in [-0.1, -0.05) is 0 Å². The molecule has 0 saturated carbocycles. The van der Waals surface area contributed by atoms with Crippen LogP contribution in [0, 0.1) is 13.8 Å². The van der Waals surface area contributed by atoms with E-state index in [-0.39, 0.29) is 16.9 Å². The molecule has 1 heterocycles. The number of carbonyl (C=O) groups is 3. The lowest BCUT2D eigenvalue weighted by Crippen LogP contribution is -2.35. The van der Waals surface area contributed by atoms with Gasteiger partial charge in [0.05, 0.1) is 5.69 Å². The third kappa shape index (κ3) is 5.43. The number of imide groups is 1. The minimum absolute atomic E-state index is 0.000708. The van der Waals surface area contributed by atoms with Crippen molar-refractivity contribution >= 4 is 17.8 Å².